The quantitative estimate of drug-likeness (QED) is 0.333. The lowest BCUT2D eigenvalue weighted by Crippen LogP contribution is -2.34. The van der Waals surface area contributed by atoms with Crippen LogP contribution in [0.25, 0.3) is 11.1 Å². The number of benzene rings is 3. The molecule has 1 fully saturated rings. The number of hydrogen-bond acceptors (Lipinski definition) is 3. The van der Waals surface area contributed by atoms with Gasteiger partial charge in [-0.2, -0.15) is 13.2 Å². The van der Waals surface area contributed by atoms with Crippen LogP contribution in [0.3, 0.4) is 0 Å². The van der Waals surface area contributed by atoms with E-state index in [4.69, 9.17) is 4.98 Å². The highest BCUT2D eigenvalue weighted by Crippen LogP contribution is 2.52. The highest BCUT2D eigenvalue weighted by Gasteiger charge is 2.48. The Bertz CT molecular complexity index is 1610. The lowest BCUT2D eigenvalue weighted by Gasteiger charge is -2.21. The second kappa shape index (κ2) is 10.1. The molecule has 0 bridgehead atoms. The van der Waals surface area contributed by atoms with E-state index in [1.54, 1.807) is 11.0 Å². The normalized spacial score (nSPS) is 16.2. The van der Waals surface area contributed by atoms with Gasteiger partial charge in [-0.15, -0.1) is 0 Å². The van der Waals surface area contributed by atoms with Gasteiger partial charge < -0.3 is 9.88 Å². The zero-order valence-corrected chi connectivity index (χ0v) is 21.8. The van der Waals surface area contributed by atoms with Gasteiger partial charge in [0, 0.05) is 6.54 Å². The number of nitrogens with zero attached hydrogens (tertiary/aromatic N) is 2. The molecule has 0 spiro atoms. The van der Waals surface area contributed by atoms with Crippen molar-refractivity contribution in [2.24, 2.45) is 0 Å². The summed E-state index contributed by atoms with van der Waals surface area (Å²) >= 11 is 0. The molecule has 2 aliphatic rings. The summed E-state index contributed by atoms with van der Waals surface area (Å²) in [4.78, 5) is 36.3. The minimum atomic E-state index is -4.39. The highest BCUT2D eigenvalue weighted by atomic mass is 19.4. The fourth-order valence-corrected chi connectivity index (χ4v) is 5.60. The van der Waals surface area contributed by atoms with Crippen molar-refractivity contribution in [2.75, 3.05) is 6.54 Å². The van der Waals surface area contributed by atoms with Crippen molar-refractivity contribution in [1.82, 2.24) is 14.9 Å². The lowest BCUT2D eigenvalue weighted by atomic mass is 9.94. The van der Waals surface area contributed by atoms with E-state index in [2.05, 4.69) is 17.1 Å². The van der Waals surface area contributed by atoms with Crippen molar-refractivity contribution in [3.05, 3.63) is 123 Å². The number of aromatic amines is 1. The van der Waals surface area contributed by atoms with Crippen LogP contribution in [0.2, 0.25) is 0 Å². The third-order valence-corrected chi connectivity index (χ3v) is 8.00. The minimum Gasteiger partial charge on any atom is -0.338 e. The average molecular weight is 544 g/mol. The summed E-state index contributed by atoms with van der Waals surface area (Å²) in [7, 11) is 0. The number of hydrogen-bond donors (Lipinski definition) is 1. The number of fused-ring (bicyclic) bond motifs is 1. The van der Waals surface area contributed by atoms with E-state index in [1.807, 2.05) is 36.4 Å². The van der Waals surface area contributed by atoms with Gasteiger partial charge >= 0.3 is 6.18 Å². The molecule has 1 saturated carbocycles. The molecule has 4 aromatic rings. The van der Waals surface area contributed by atoms with Crippen LogP contribution < -0.4 is 5.56 Å². The first-order valence-corrected chi connectivity index (χ1v) is 13.5. The predicted octanol–water partition coefficient (Wildman–Crippen LogP) is 6.05. The summed E-state index contributed by atoms with van der Waals surface area (Å²) in [6, 6.07) is 22.4. The number of H-pyrrole nitrogens is 1. The molecule has 0 unspecified atom stereocenters. The van der Waals surface area contributed by atoms with E-state index in [0.717, 1.165) is 47.4 Å². The number of aromatic nitrogens is 2. The molecule has 3 aromatic carbocycles. The van der Waals surface area contributed by atoms with Crippen molar-refractivity contribution in [1.29, 1.82) is 0 Å². The third kappa shape index (κ3) is 5.06. The molecule has 204 valence electrons. The molecular formula is C32H28F3N3O2. The molecule has 0 atom stereocenters. The minimum absolute atomic E-state index is 0.108. The van der Waals surface area contributed by atoms with Gasteiger partial charge in [-0.3, -0.25) is 9.59 Å². The molecule has 1 aromatic heterocycles. The number of carbonyl (C=O) groups excluding carboxylic acids is 1. The highest BCUT2D eigenvalue weighted by molar-refractivity contribution is 5.79. The van der Waals surface area contributed by atoms with Crippen LogP contribution in [0.5, 0.6) is 0 Å². The van der Waals surface area contributed by atoms with Crippen LogP contribution in [-0.2, 0) is 35.8 Å². The van der Waals surface area contributed by atoms with Gasteiger partial charge in [-0.05, 0) is 60.1 Å². The van der Waals surface area contributed by atoms with Crippen molar-refractivity contribution in [3.8, 4) is 11.1 Å². The Hall–Kier alpha value is -4.20. The standard InChI is InChI=1S/C32H28F3N3O2/c33-32(34,35)25-13-11-22(12-14-25)23-7-4-6-21(18-23)19-28(39)38-17-5-10-27-26(20-38)29(40)37-30(36-27)31(15-16-31)24-8-2-1-3-9-24/h1-4,6-9,11-14,18H,5,10,15-17,19-20H2,(H,36,37,40). The van der Waals surface area contributed by atoms with Crippen LogP contribution in [0.4, 0.5) is 13.2 Å². The maximum atomic E-state index is 13.3. The number of carbonyl (C=O) groups is 1. The van der Waals surface area contributed by atoms with Crippen LogP contribution >= 0.6 is 0 Å². The Morgan fingerprint density at radius 3 is 2.40 bits per heavy atom. The van der Waals surface area contributed by atoms with E-state index in [-0.39, 0.29) is 29.8 Å². The maximum Gasteiger partial charge on any atom is 0.416 e. The monoisotopic (exact) mass is 543 g/mol. The second-order valence-corrected chi connectivity index (χ2v) is 10.7. The number of amides is 1. The van der Waals surface area contributed by atoms with Gasteiger partial charge in [0.1, 0.15) is 5.82 Å². The van der Waals surface area contributed by atoms with Gasteiger partial charge in [-0.1, -0.05) is 66.7 Å². The molecule has 1 aliphatic carbocycles. The van der Waals surface area contributed by atoms with E-state index >= 15 is 0 Å². The van der Waals surface area contributed by atoms with Gasteiger partial charge in [0.15, 0.2) is 0 Å². The third-order valence-electron chi connectivity index (χ3n) is 8.00. The molecule has 5 nitrogen and oxygen atoms in total. The summed E-state index contributed by atoms with van der Waals surface area (Å²) < 4.78 is 38.8. The first-order chi connectivity index (χ1) is 19.2. The number of aryl methyl sites for hydroxylation is 1. The largest absolute Gasteiger partial charge is 0.416 e. The molecule has 2 heterocycles. The van der Waals surface area contributed by atoms with Crippen LogP contribution in [0.15, 0.2) is 83.7 Å². The topological polar surface area (TPSA) is 66.1 Å². The number of rotatable bonds is 5. The predicted molar refractivity (Wildman–Crippen MR) is 146 cm³/mol. The van der Waals surface area contributed by atoms with Gasteiger partial charge in [0.25, 0.3) is 5.56 Å². The molecule has 40 heavy (non-hydrogen) atoms. The second-order valence-electron chi connectivity index (χ2n) is 10.7. The first-order valence-electron chi connectivity index (χ1n) is 13.5. The maximum absolute atomic E-state index is 13.3. The van der Waals surface area contributed by atoms with Gasteiger partial charge in [0.05, 0.1) is 35.2 Å². The summed E-state index contributed by atoms with van der Waals surface area (Å²) in [5, 5.41) is 0. The van der Waals surface area contributed by atoms with Crippen LogP contribution in [0, 0.1) is 0 Å². The Morgan fingerprint density at radius 2 is 1.70 bits per heavy atom. The Morgan fingerprint density at radius 1 is 0.950 bits per heavy atom. The average Bonchev–Trinajstić information content (AvgIpc) is 3.78. The fraction of sp³-hybridized carbons (Fsp3) is 0.281. The van der Waals surface area contributed by atoms with E-state index in [0.29, 0.717) is 36.3 Å². The molecule has 0 saturated heterocycles. The first kappa shape index (κ1) is 26.0. The molecule has 6 rings (SSSR count). The van der Waals surface area contributed by atoms with Crippen LogP contribution in [-0.4, -0.2) is 27.3 Å². The molecule has 0 radical (unpaired) electrons. The summed E-state index contributed by atoms with van der Waals surface area (Å²) in [5.74, 6) is 0.603. The van der Waals surface area contributed by atoms with E-state index in [1.165, 1.54) is 12.1 Å². The van der Waals surface area contributed by atoms with Crippen molar-refractivity contribution in [2.45, 2.75) is 50.2 Å². The summed E-state index contributed by atoms with van der Waals surface area (Å²) in [6.07, 6.45) is -1.05. The zero-order valence-electron chi connectivity index (χ0n) is 21.8. The smallest absolute Gasteiger partial charge is 0.338 e. The lowest BCUT2D eigenvalue weighted by molar-refractivity contribution is -0.137. The van der Waals surface area contributed by atoms with E-state index < -0.39 is 11.7 Å². The number of alkyl halides is 3. The summed E-state index contributed by atoms with van der Waals surface area (Å²) in [5.41, 5.74) is 3.46. The zero-order chi connectivity index (χ0) is 27.9. The molecule has 1 amide bonds. The number of halogens is 3. The molecule has 8 heteroatoms. The Balaban J connectivity index is 1.19. The SMILES string of the molecule is O=C(Cc1cccc(-c2ccc(C(F)(F)F)cc2)c1)N1CCCc2nc(C3(c4ccccc4)CC3)[nH]c(=O)c2C1. The van der Waals surface area contributed by atoms with Crippen molar-refractivity contribution in [3.63, 3.8) is 0 Å². The van der Waals surface area contributed by atoms with Gasteiger partial charge in [0.2, 0.25) is 5.91 Å². The van der Waals surface area contributed by atoms with Crippen molar-refractivity contribution < 1.29 is 18.0 Å². The fourth-order valence-electron chi connectivity index (χ4n) is 5.60. The summed E-state index contributed by atoms with van der Waals surface area (Å²) in [6.45, 7) is 0.722. The van der Waals surface area contributed by atoms with E-state index in [9.17, 15) is 22.8 Å². The Kier molecular flexibility index (Phi) is 6.56. The molecule has 1 aliphatic heterocycles. The molecular weight excluding hydrogens is 515 g/mol. The Labute approximate surface area is 229 Å². The van der Waals surface area contributed by atoms with Crippen molar-refractivity contribution >= 4 is 5.91 Å². The molecule has 1 N–H and O–H groups in total. The van der Waals surface area contributed by atoms with Crippen LogP contribution in [0.1, 0.15) is 53.0 Å². The van der Waals surface area contributed by atoms with Gasteiger partial charge in [-0.25, -0.2) is 4.98 Å². The number of nitrogens with one attached hydrogen (secondary N) is 1.